The van der Waals surface area contributed by atoms with Gasteiger partial charge in [0.05, 0.1) is 6.04 Å². The number of carbonyl (C=O) groups is 5. The highest BCUT2D eigenvalue weighted by Crippen LogP contribution is 2.35. The molecule has 9 nitrogen and oxygen atoms in total. The van der Waals surface area contributed by atoms with Crippen molar-refractivity contribution >= 4 is 29.6 Å². The Bertz CT molecular complexity index is 1470. The molecule has 4 amide bonds. The summed E-state index contributed by atoms with van der Waals surface area (Å²) in [6.07, 6.45) is 1.59. The number of rotatable bonds is 11. The van der Waals surface area contributed by atoms with Crippen LogP contribution in [0.1, 0.15) is 80.7 Å². The third kappa shape index (κ3) is 8.30. The smallest absolute Gasteiger partial charge is 0.344 e. The number of amides is 4. The largest absolute Gasteiger partial charge is 0.359 e. The van der Waals surface area contributed by atoms with Crippen LogP contribution in [0, 0.1) is 17.3 Å². The SMILES string of the molecule is C/C(=C\[C@H](C(C)C)N(C)C(=O)[C@@H](NC(=O)[C@@H](C)C(C)(C)c1cccc(-c2ccccc2)c1)C(C)(C)C)C(=O)ON1C(=O)CCC1=O. The third-order valence-electron chi connectivity index (χ3n) is 8.99. The first-order chi connectivity index (χ1) is 21.4. The van der Waals surface area contributed by atoms with Crippen LogP contribution in [-0.4, -0.2) is 58.7 Å². The highest BCUT2D eigenvalue weighted by Gasteiger charge is 2.41. The Kier molecular flexibility index (Phi) is 11.4. The molecule has 0 aliphatic carbocycles. The van der Waals surface area contributed by atoms with Gasteiger partial charge in [-0.05, 0) is 34.9 Å². The molecule has 9 heteroatoms. The summed E-state index contributed by atoms with van der Waals surface area (Å²) >= 11 is 0. The van der Waals surface area contributed by atoms with Crippen LogP contribution in [0.4, 0.5) is 0 Å². The minimum atomic E-state index is -0.861. The zero-order chi connectivity index (χ0) is 34.6. The Balaban J connectivity index is 1.81. The van der Waals surface area contributed by atoms with Crippen molar-refractivity contribution in [3.05, 3.63) is 71.8 Å². The van der Waals surface area contributed by atoms with Gasteiger partial charge in [0.25, 0.3) is 11.8 Å². The molecule has 1 saturated heterocycles. The van der Waals surface area contributed by atoms with Gasteiger partial charge in [-0.25, -0.2) is 4.79 Å². The molecule has 1 N–H and O–H groups in total. The molecule has 0 unspecified atom stereocenters. The van der Waals surface area contributed by atoms with E-state index in [1.807, 2.05) is 85.7 Å². The maximum Gasteiger partial charge on any atom is 0.359 e. The number of hydrogen-bond donors (Lipinski definition) is 1. The summed E-state index contributed by atoms with van der Waals surface area (Å²) < 4.78 is 0. The van der Waals surface area contributed by atoms with E-state index in [-0.39, 0.29) is 36.1 Å². The molecule has 46 heavy (non-hydrogen) atoms. The van der Waals surface area contributed by atoms with Gasteiger partial charge >= 0.3 is 5.97 Å². The number of likely N-dealkylation sites (N-methyl/N-ethyl adjacent to an activating group) is 1. The Morgan fingerprint density at radius 1 is 0.891 bits per heavy atom. The van der Waals surface area contributed by atoms with Gasteiger partial charge in [0, 0.05) is 36.8 Å². The van der Waals surface area contributed by atoms with Crippen LogP contribution in [0.25, 0.3) is 11.1 Å². The predicted octanol–water partition coefficient (Wildman–Crippen LogP) is 5.83. The second kappa shape index (κ2) is 14.4. The van der Waals surface area contributed by atoms with Gasteiger partial charge in [-0.2, -0.15) is 0 Å². The summed E-state index contributed by atoms with van der Waals surface area (Å²) in [5.41, 5.74) is 2.13. The molecule has 1 aliphatic rings. The molecule has 248 valence electrons. The van der Waals surface area contributed by atoms with Crippen molar-refractivity contribution in [2.45, 2.75) is 92.7 Å². The van der Waals surface area contributed by atoms with Gasteiger partial charge < -0.3 is 15.1 Å². The van der Waals surface area contributed by atoms with Crippen LogP contribution < -0.4 is 5.32 Å². The summed E-state index contributed by atoms with van der Waals surface area (Å²) in [5, 5.41) is 3.57. The minimum absolute atomic E-state index is 0.00345. The monoisotopic (exact) mass is 631 g/mol. The van der Waals surface area contributed by atoms with E-state index < -0.39 is 46.6 Å². The molecule has 0 spiro atoms. The van der Waals surface area contributed by atoms with Crippen LogP contribution in [0.3, 0.4) is 0 Å². The first-order valence-corrected chi connectivity index (χ1v) is 15.9. The topological polar surface area (TPSA) is 113 Å². The lowest BCUT2D eigenvalue weighted by Crippen LogP contribution is -2.58. The molecular formula is C37H49N3O6. The summed E-state index contributed by atoms with van der Waals surface area (Å²) in [5.74, 6) is -3.12. The zero-order valence-corrected chi connectivity index (χ0v) is 28.8. The van der Waals surface area contributed by atoms with Crippen LogP contribution >= 0.6 is 0 Å². The van der Waals surface area contributed by atoms with E-state index in [0.717, 1.165) is 16.7 Å². The van der Waals surface area contributed by atoms with E-state index >= 15 is 0 Å². The fourth-order valence-corrected chi connectivity index (χ4v) is 5.46. The Morgan fingerprint density at radius 3 is 2.00 bits per heavy atom. The molecule has 0 bridgehead atoms. The number of nitrogens with zero attached hydrogens (tertiary/aromatic N) is 2. The van der Waals surface area contributed by atoms with Crippen LogP contribution in [0.5, 0.6) is 0 Å². The number of carbonyl (C=O) groups excluding carboxylic acids is 5. The number of benzene rings is 2. The molecular weight excluding hydrogens is 582 g/mol. The van der Waals surface area contributed by atoms with Gasteiger partial charge in [0.1, 0.15) is 6.04 Å². The highest BCUT2D eigenvalue weighted by atomic mass is 16.7. The lowest BCUT2D eigenvalue weighted by Gasteiger charge is -2.39. The summed E-state index contributed by atoms with van der Waals surface area (Å²) in [6.45, 7) is 17.0. The molecule has 1 fully saturated rings. The molecule has 0 radical (unpaired) electrons. The molecule has 1 aliphatic heterocycles. The number of imide groups is 1. The molecule has 2 aromatic carbocycles. The first-order valence-electron chi connectivity index (χ1n) is 15.9. The average molecular weight is 632 g/mol. The van der Waals surface area contributed by atoms with Gasteiger partial charge in [-0.15, -0.1) is 5.06 Å². The van der Waals surface area contributed by atoms with Crippen LogP contribution in [0.15, 0.2) is 66.2 Å². The minimum Gasteiger partial charge on any atom is -0.344 e. The van der Waals surface area contributed by atoms with E-state index in [4.69, 9.17) is 4.84 Å². The summed E-state index contributed by atoms with van der Waals surface area (Å²) in [4.78, 5) is 71.2. The zero-order valence-electron chi connectivity index (χ0n) is 28.8. The lowest BCUT2D eigenvalue weighted by molar-refractivity contribution is -0.194. The predicted molar refractivity (Wildman–Crippen MR) is 178 cm³/mol. The van der Waals surface area contributed by atoms with Gasteiger partial charge in [0.15, 0.2) is 0 Å². The van der Waals surface area contributed by atoms with E-state index in [1.165, 1.54) is 11.8 Å². The fraction of sp³-hybridized carbons (Fsp3) is 0.486. The molecule has 1 heterocycles. The summed E-state index contributed by atoms with van der Waals surface area (Å²) in [7, 11) is 1.64. The standard InChI is InChI=1S/C37H49N3O6/c1-23(2)29(21-24(3)35(45)46-40-30(41)19-20-31(40)42)39(10)34(44)32(36(5,6)7)38-33(43)25(4)37(8,9)28-18-14-17-27(22-28)26-15-12-11-13-16-26/h11-18,21-23,25,29,32H,19-20H2,1-10H3,(H,38,43)/b24-21+/t25-,29-,32-/m1/s1. The van der Waals surface area contributed by atoms with E-state index in [2.05, 4.69) is 29.6 Å². The average Bonchev–Trinajstić information content (AvgIpc) is 3.32. The molecule has 3 rings (SSSR count). The van der Waals surface area contributed by atoms with E-state index in [9.17, 15) is 24.0 Å². The Morgan fingerprint density at radius 2 is 1.46 bits per heavy atom. The maximum absolute atomic E-state index is 14.1. The van der Waals surface area contributed by atoms with Gasteiger partial charge in [0.2, 0.25) is 11.8 Å². The van der Waals surface area contributed by atoms with E-state index in [1.54, 1.807) is 13.1 Å². The quantitative estimate of drug-likeness (QED) is 0.247. The van der Waals surface area contributed by atoms with E-state index in [0.29, 0.717) is 5.06 Å². The van der Waals surface area contributed by atoms with Crippen LogP contribution in [0.2, 0.25) is 0 Å². The fourth-order valence-electron chi connectivity index (χ4n) is 5.46. The van der Waals surface area contributed by atoms with Crippen molar-refractivity contribution in [2.24, 2.45) is 17.3 Å². The van der Waals surface area contributed by atoms with Crippen molar-refractivity contribution < 1.29 is 28.8 Å². The molecule has 0 saturated carbocycles. The van der Waals surface area contributed by atoms with Crippen molar-refractivity contribution in [3.63, 3.8) is 0 Å². The lowest BCUT2D eigenvalue weighted by atomic mass is 9.73. The molecule has 2 aromatic rings. The van der Waals surface area contributed by atoms with Crippen molar-refractivity contribution in [3.8, 4) is 11.1 Å². The van der Waals surface area contributed by atoms with Crippen molar-refractivity contribution in [2.75, 3.05) is 7.05 Å². The number of nitrogens with one attached hydrogen (secondary N) is 1. The highest BCUT2D eigenvalue weighted by molar-refractivity contribution is 6.02. The summed E-state index contributed by atoms with van der Waals surface area (Å²) in [6, 6.07) is 16.9. The number of hydrogen-bond acceptors (Lipinski definition) is 6. The van der Waals surface area contributed by atoms with Crippen LogP contribution in [-0.2, 0) is 34.2 Å². The van der Waals surface area contributed by atoms with Gasteiger partial charge in [-0.1, -0.05) is 116 Å². The maximum atomic E-state index is 14.1. The van der Waals surface area contributed by atoms with Crippen molar-refractivity contribution in [1.82, 2.24) is 15.3 Å². The van der Waals surface area contributed by atoms with Gasteiger partial charge in [-0.3, -0.25) is 19.2 Å². The molecule has 0 aromatic heterocycles. The second-order valence-electron chi connectivity index (χ2n) is 14.2. The first kappa shape index (κ1) is 36.2. The molecule has 3 atom stereocenters. The number of hydroxylamine groups is 2. The second-order valence-corrected chi connectivity index (χ2v) is 14.2. The Labute approximate surface area is 273 Å². The normalized spacial score (nSPS) is 16.2. The third-order valence-corrected chi connectivity index (χ3v) is 8.99. The Hall–Kier alpha value is -4.27. The van der Waals surface area contributed by atoms with Crippen molar-refractivity contribution in [1.29, 1.82) is 0 Å².